The largest absolute Gasteiger partial charge is 0.449 e. The maximum Gasteiger partial charge on any atom is 0.338 e. The Balaban J connectivity index is 2.60. The van der Waals surface area contributed by atoms with E-state index in [0.29, 0.717) is 17.8 Å². The van der Waals surface area contributed by atoms with Gasteiger partial charge in [0.15, 0.2) is 6.10 Å². The Bertz CT molecular complexity index is 401. The number of hydrogen-bond acceptors (Lipinski definition) is 4. The maximum atomic E-state index is 11.6. The Morgan fingerprint density at radius 3 is 2.47 bits per heavy atom. The second-order valence-corrected chi connectivity index (χ2v) is 3.56. The number of likely N-dealkylation sites (N-methyl/N-ethyl adjacent to an activating group) is 1. The molecule has 0 aliphatic rings. The Morgan fingerprint density at radius 2 is 1.94 bits per heavy atom. The number of amides is 1. The van der Waals surface area contributed by atoms with Crippen LogP contribution in [-0.2, 0) is 9.53 Å². The molecule has 1 aromatic rings. The third-order valence-corrected chi connectivity index (χ3v) is 2.15. The second kappa shape index (κ2) is 5.89. The zero-order valence-corrected chi connectivity index (χ0v) is 9.90. The van der Waals surface area contributed by atoms with Crippen molar-refractivity contribution in [2.24, 2.45) is 0 Å². The van der Waals surface area contributed by atoms with Gasteiger partial charge in [-0.05, 0) is 38.1 Å². The van der Waals surface area contributed by atoms with Gasteiger partial charge in [0.25, 0.3) is 5.91 Å². The smallest absolute Gasteiger partial charge is 0.338 e. The van der Waals surface area contributed by atoms with Crippen LogP contribution in [0, 0.1) is 0 Å². The van der Waals surface area contributed by atoms with E-state index < -0.39 is 12.1 Å². The van der Waals surface area contributed by atoms with Crippen molar-refractivity contribution in [1.29, 1.82) is 0 Å². The Labute approximate surface area is 99.9 Å². The van der Waals surface area contributed by atoms with Gasteiger partial charge in [0.1, 0.15) is 0 Å². The summed E-state index contributed by atoms with van der Waals surface area (Å²) < 4.78 is 5.00. The predicted octanol–water partition coefficient (Wildman–Crippen LogP) is 0.950. The van der Waals surface area contributed by atoms with Crippen LogP contribution in [0.1, 0.15) is 24.2 Å². The molecule has 3 N–H and O–H groups in total. The Morgan fingerprint density at radius 1 is 1.35 bits per heavy atom. The third kappa shape index (κ3) is 3.79. The molecule has 5 heteroatoms. The molecule has 0 aliphatic carbocycles. The zero-order valence-electron chi connectivity index (χ0n) is 9.90. The highest BCUT2D eigenvalue weighted by atomic mass is 16.5. The number of hydrogen-bond donors (Lipinski definition) is 2. The molecule has 0 aliphatic heterocycles. The van der Waals surface area contributed by atoms with Gasteiger partial charge < -0.3 is 15.8 Å². The fraction of sp³-hybridized carbons (Fsp3) is 0.333. The van der Waals surface area contributed by atoms with E-state index in [9.17, 15) is 9.59 Å². The van der Waals surface area contributed by atoms with Gasteiger partial charge >= 0.3 is 5.97 Å². The molecule has 1 unspecified atom stereocenters. The molecule has 92 valence electrons. The standard InChI is InChI=1S/C12H16N2O3/c1-3-14-11(15)8(2)17-12(16)9-4-6-10(13)7-5-9/h4-8H,3,13H2,1-2H3,(H,14,15). The van der Waals surface area contributed by atoms with Crippen molar-refractivity contribution < 1.29 is 14.3 Å². The van der Waals surface area contributed by atoms with Crippen molar-refractivity contribution in [2.45, 2.75) is 20.0 Å². The van der Waals surface area contributed by atoms with Crippen molar-refractivity contribution in [3.05, 3.63) is 29.8 Å². The number of rotatable bonds is 4. The highest BCUT2D eigenvalue weighted by Gasteiger charge is 2.17. The van der Waals surface area contributed by atoms with Crippen LogP contribution in [0.15, 0.2) is 24.3 Å². The molecule has 1 amide bonds. The molecular weight excluding hydrogens is 220 g/mol. The number of anilines is 1. The number of carbonyl (C=O) groups excluding carboxylic acids is 2. The number of nitrogen functional groups attached to an aromatic ring is 1. The molecule has 0 saturated carbocycles. The van der Waals surface area contributed by atoms with Crippen LogP contribution in [0.5, 0.6) is 0 Å². The first kappa shape index (κ1) is 13.0. The predicted molar refractivity (Wildman–Crippen MR) is 64.4 cm³/mol. The minimum Gasteiger partial charge on any atom is -0.449 e. The van der Waals surface area contributed by atoms with Crippen molar-refractivity contribution in [1.82, 2.24) is 5.32 Å². The Hall–Kier alpha value is -2.04. The number of esters is 1. The zero-order chi connectivity index (χ0) is 12.8. The maximum absolute atomic E-state index is 11.6. The summed E-state index contributed by atoms with van der Waals surface area (Å²) in [6.45, 7) is 3.83. The molecule has 5 nitrogen and oxygen atoms in total. The average Bonchev–Trinajstić information content (AvgIpc) is 2.30. The number of nitrogens with two attached hydrogens (primary N) is 1. The quantitative estimate of drug-likeness (QED) is 0.602. The topological polar surface area (TPSA) is 81.4 Å². The van der Waals surface area contributed by atoms with E-state index in [0.717, 1.165) is 0 Å². The number of nitrogens with one attached hydrogen (secondary N) is 1. The minimum absolute atomic E-state index is 0.309. The Kier molecular flexibility index (Phi) is 4.51. The lowest BCUT2D eigenvalue weighted by atomic mass is 10.2. The van der Waals surface area contributed by atoms with Gasteiger partial charge in [0.2, 0.25) is 0 Å². The van der Waals surface area contributed by atoms with Crippen molar-refractivity contribution >= 4 is 17.6 Å². The highest BCUT2D eigenvalue weighted by Crippen LogP contribution is 2.08. The molecule has 0 heterocycles. The van der Waals surface area contributed by atoms with Gasteiger partial charge in [0, 0.05) is 12.2 Å². The summed E-state index contributed by atoms with van der Waals surface area (Å²) in [5.74, 6) is -0.847. The molecule has 1 aromatic carbocycles. The van der Waals surface area contributed by atoms with E-state index in [-0.39, 0.29) is 5.91 Å². The van der Waals surface area contributed by atoms with Crippen LogP contribution in [0.4, 0.5) is 5.69 Å². The highest BCUT2D eigenvalue weighted by molar-refractivity contribution is 5.92. The van der Waals surface area contributed by atoms with Crippen LogP contribution in [-0.4, -0.2) is 24.5 Å². The fourth-order valence-corrected chi connectivity index (χ4v) is 1.22. The van der Waals surface area contributed by atoms with Gasteiger partial charge in [-0.25, -0.2) is 4.79 Å². The molecular formula is C12H16N2O3. The van der Waals surface area contributed by atoms with E-state index in [1.165, 1.54) is 6.92 Å². The van der Waals surface area contributed by atoms with Crippen molar-refractivity contribution in [2.75, 3.05) is 12.3 Å². The molecule has 0 saturated heterocycles. The van der Waals surface area contributed by atoms with Crippen LogP contribution in [0.3, 0.4) is 0 Å². The average molecular weight is 236 g/mol. The van der Waals surface area contributed by atoms with E-state index >= 15 is 0 Å². The van der Waals surface area contributed by atoms with Gasteiger partial charge in [-0.1, -0.05) is 0 Å². The molecule has 0 fully saturated rings. The summed E-state index contributed by atoms with van der Waals surface area (Å²) in [4.78, 5) is 23.0. The number of carbonyl (C=O) groups is 2. The first-order valence-corrected chi connectivity index (χ1v) is 5.38. The summed E-state index contributed by atoms with van der Waals surface area (Å²) in [6.07, 6.45) is -0.806. The molecule has 1 rings (SSSR count). The minimum atomic E-state index is -0.806. The van der Waals surface area contributed by atoms with Crippen LogP contribution in [0.25, 0.3) is 0 Å². The lowest BCUT2D eigenvalue weighted by Crippen LogP contribution is -2.35. The normalized spacial score (nSPS) is 11.6. The third-order valence-electron chi connectivity index (χ3n) is 2.15. The van der Waals surface area contributed by atoms with Crippen LogP contribution < -0.4 is 11.1 Å². The van der Waals surface area contributed by atoms with Gasteiger partial charge in [-0.2, -0.15) is 0 Å². The second-order valence-electron chi connectivity index (χ2n) is 3.56. The summed E-state index contributed by atoms with van der Waals surface area (Å²) in [6, 6.07) is 6.32. The van der Waals surface area contributed by atoms with Gasteiger partial charge in [0.05, 0.1) is 5.56 Å². The lowest BCUT2D eigenvalue weighted by Gasteiger charge is -2.12. The van der Waals surface area contributed by atoms with Crippen molar-refractivity contribution in [3.63, 3.8) is 0 Å². The SMILES string of the molecule is CCNC(=O)C(C)OC(=O)c1ccc(N)cc1. The molecule has 0 spiro atoms. The van der Waals surface area contributed by atoms with E-state index in [4.69, 9.17) is 10.5 Å². The van der Waals surface area contributed by atoms with Crippen molar-refractivity contribution in [3.8, 4) is 0 Å². The van der Waals surface area contributed by atoms with E-state index in [1.807, 2.05) is 0 Å². The summed E-state index contributed by atoms with van der Waals surface area (Å²) in [5, 5.41) is 2.58. The van der Waals surface area contributed by atoms with E-state index in [2.05, 4.69) is 5.32 Å². The lowest BCUT2D eigenvalue weighted by molar-refractivity contribution is -0.128. The molecule has 0 bridgehead atoms. The van der Waals surface area contributed by atoms with E-state index in [1.54, 1.807) is 31.2 Å². The first-order chi connectivity index (χ1) is 8.04. The first-order valence-electron chi connectivity index (χ1n) is 5.38. The monoisotopic (exact) mass is 236 g/mol. The summed E-state index contributed by atoms with van der Waals surface area (Å²) in [7, 11) is 0. The molecule has 0 radical (unpaired) electrons. The molecule has 17 heavy (non-hydrogen) atoms. The van der Waals surface area contributed by atoms with Gasteiger partial charge in [-0.15, -0.1) is 0 Å². The number of benzene rings is 1. The van der Waals surface area contributed by atoms with Gasteiger partial charge in [-0.3, -0.25) is 4.79 Å². The molecule has 1 atom stereocenters. The molecule has 0 aromatic heterocycles. The summed E-state index contributed by atoms with van der Waals surface area (Å²) in [5.41, 5.74) is 6.44. The number of ether oxygens (including phenoxy) is 1. The van der Waals surface area contributed by atoms with Crippen LogP contribution >= 0.6 is 0 Å². The summed E-state index contributed by atoms with van der Waals surface area (Å²) >= 11 is 0. The fourth-order valence-electron chi connectivity index (χ4n) is 1.22. The van der Waals surface area contributed by atoms with Crippen LogP contribution in [0.2, 0.25) is 0 Å².